The van der Waals surface area contributed by atoms with Crippen LogP contribution in [0.15, 0.2) is 65.7 Å². The summed E-state index contributed by atoms with van der Waals surface area (Å²) >= 11 is 0. The van der Waals surface area contributed by atoms with Crippen molar-refractivity contribution in [3.8, 4) is 0 Å². The van der Waals surface area contributed by atoms with Gasteiger partial charge < -0.3 is 10.8 Å². The van der Waals surface area contributed by atoms with Crippen molar-refractivity contribution < 1.29 is 14.7 Å². The van der Waals surface area contributed by atoms with Gasteiger partial charge in [0, 0.05) is 17.5 Å². The number of aliphatic carboxylic acids is 1. The van der Waals surface area contributed by atoms with E-state index < -0.39 is 12.0 Å². The summed E-state index contributed by atoms with van der Waals surface area (Å²) in [5.41, 5.74) is 7.64. The topological polar surface area (TPSA) is 92.8 Å². The normalized spacial score (nSPS) is 11.0. The molecule has 1 amide bonds. The van der Waals surface area contributed by atoms with Crippen molar-refractivity contribution >= 4 is 47.1 Å². The van der Waals surface area contributed by atoms with Gasteiger partial charge in [-0.25, -0.2) is 4.99 Å². The van der Waals surface area contributed by atoms with E-state index in [9.17, 15) is 9.59 Å². The number of carbonyl (C=O) groups excluding carboxylic acids is 1. The summed E-state index contributed by atoms with van der Waals surface area (Å²) in [4.78, 5) is 27.0. The Bertz CT molecular complexity index is 661. The third-order valence-corrected chi connectivity index (χ3v) is 3.32. The summed E-state index contributed by atoms with van der Waals surface area (Å²) < 4.78 is 0. The van der Waals surface area contributed by atoms with E-state index in [1.54, 1.807) is 0 Å². The van der Waals surface area contributed by atoms with Crippen LogP contribution >= 0.6 is 0 Å². The summed E-state index contributed by atoms with van der Waals surface area (Å²) in [6.07, 6.45) is 0.0607. The molecule has 120 valence electrons. The van der Waals surface area contributed by atoms with E-state index in [0.717, 1.165) is 11.1 Å². The third-order valence-electron chi connectivity index (χ3n) is 3.32. The van der Waals surface area contributed by atoms with Crippen LogP contribution < -0.4 is 5.73 Å². The molecule has 6 heteroatoms. The third kappa shape index (κ3) is 6.02. The number of amides is 1. The summed E-state index contributed by atoms with van der Waals surface area (Å²) in [7, 11) is 0. The molecular weight excluding hydrogens is 315 g/mol. The Labute approximate surface area is 162 Å². The number of carbonyl (C=O) groups is 2. The number of aliphatic imine (C=N–C) groups is 1. The van der Waals surface area contributed by atoms with Gasteiger partial charge in [-0.3, -0.25) is 9.59 Å². The Hall–Kier alpha value is -1.79. The molecule has 0 heterocycles. The predicted molar refractivity (Wildman–Crippen MR) is 95.5 cm³/mol. The zero-order valence-corrected chi connectivity index (χ0v) is 12.6. The molecule has 0 saturated heterocycles. The quantitative estimate of drug-likeness (QED) is 0.620. The summed E-state index contributed by atoms with van der Waals surface area (Å²) in [5.74, 6) is -1.50. The van der Waals surface area contributed by atoms with Crippen molar-refractivity contribution in [2.24, 2.45) is 10.7 Å². The zero-order chi connectivity index (χ0) is 16.7. The fourth-order valence-electron chi connectivity index (χ4n) is 2.07. The molecule has 0 fully saturated rings. The number of carboxylic acids is 1. The van der Waals surface area contributed by atoms with Gasteiger partial charge in [0.2, 0.25) is 5.91 Å². The second-order valence-corrected chi connectivity index (χ2v) is 5.07. The summed E-state index contributed by atoms with van der Waals surface area (Å²) in [6.45, 7) is 0. The zero-order valence-electron chi connectivity index (χ0n) is 12.6. The second-order valence-electron chi connectivity index (χ2n) is 5.07. The summed E-state index contributed by atoms with van der Waals surface area (Å²) in [5, 5.41) is 8.76. The molecule has 1 unspecified atom stereocenters. The first-order chi connectivity index (χ1) is 11.1. The van der Waals surface area contributed by atoms with Gasteiger partial charge >= 0.3 is 35.5 Å². The average molecular weight is 334 g/mol. The van der Waals surface area contributed by atoms with E-state index in [2.05, 4.69) is 4.99 Å². The molecule has 2 aromatic carbocycles. The van der Waals surface area contributed by atoms with Crippen LogP contribution in [0.4, 0.5) is 0 Å². The Kier molecular flexibility index (Phi) is 8.57. The number of rotatable bonds is 6. The molecule has 0 aliphatic heterocycles. The first-order valence-corrected chi connectivity index (χ1v) is 7.28. The minimum absolute atomic E-state index is 0. The number of nitrogens with zero attached hydrogens (tertiary/aromatic N) is 1. The molecule has 3 N–H and O–H groups in total. The van der Waals surface area contributed by atoms with Crippen LogP contribution in [0.1, 0.15) is 24.0 Å². The van der Waals surface area contributed by atoms with Crippen molar-refractivity contribution in [2.75, 3.05) is 0 Å². The van der Waals surface area contributed by atoms with E-state index in [4.69, 9.17) is 10.8 Å². The van der Waals surface area contributed by atoms with Crippen LogP contribution in [0, 0.1) is 0 Å². The number of carboxylic acid groups (broad SMARTS) is 1. The Morgan fingerprint density at radius 3 is 1.83 bits per heavy atom. The molecule has 1 atom stereocenters. The van der Waals surface area contributed by atoms with E-state index >= 15 is 0 Å². The Balaban J connectivity index is 0.00000288. The van der Waals surface area contributed by atoms with Gasteiger partial charge in [0.25, 0.3) is 0 Å². The number of hydrogen-bond donors (Lipinski definition) is 2. The molecule has 0 aromatic heterocycles. The molecule has 0 spiro atoms. The van der Waals surface area contributed by atoms with Gasteiger partial charge in [-0.1, -0.05) is 60.7 Å². The molecule has 0 radical (unpaired) electrons. The fourth-order valence-corrected chi connectivity index (χ4v) is 2.07. The van der Waals surface area contributed by atoms with Gasteiger partial charge in [0.15, 0.2) is 0 Å². The predicted octanol–water partition coefficient (Wildman–Crippen LogP) is 1.59. The van der Waals surface area contributed by atoms with Crippen LogP contribution in [0.25, 0.3) is 0 Å². The van der Waals surface area contributed by atoms with Crippen LogP contribution in [0.5, 0.6) is 0 Å². The fraction of sp³-hybridized carbons (Fsp3) is 0.167. The van der Waals surface area contributed by atoms with Gasteiger partial charge in [-0.05, 0) is 6.42 Å². The van der Waals surface area contributed by atoms with Crippen LogP contribution in [-0.4, -0.2) is 58.3 Å². The summed E-state index contributed by atoms with van der Waals surface area (Å²) in [6, 6.07) is 17.7. The maximum atomic E-state index is 12.1. The molecule has 0 saturated carbocycles. The van der Waals surface area contributed by atoms with Crippen molar-refractivity contribution in [3.63, 3.8) is 0 Å². The van der Waals surface area contributed by atoms with Gasteiger partial charge in [0.1, 0.15) is 6.04 Å². The Morgan fingerprint density at radius 1 is 0.958 bits per heavy atom. The monoisotopic (exact) mass is 334 g/mol. The standard InChI is InChI=1S/C18H18N2O3.Na.H/c19-15(18(22)23)11-12-16(21)20-17(13-7-3-1-4-8-13)14-9-5-2-6-10-14;;/h1-10,15H,11-12,19H2,(H,22,23);;. The molecule has 5 nitrogen and oxygen atoms in total. The maximum absolute atomic E-state index is 12.1. The number of nitrogens with two attached hydrogens (primary N) is 1. The molecular formula is C18H19N2NaO3. The molecule has 2 rings (SSSR count). The molecule has 0 bridgehead atoms. The van der Waals surface area contributed by atoms with Gasteiger partial charge in [-0.15, -0.1) is 0 Å². The van der Waals surface area contributed by atoms with Crippen LogP contribution in [0.2, 0.25) is 0 Å². The van der Waals surface area contributed by atoms with E-state index in [1.165, 1.54) is 0 Å². The van der Waals surface area contributed by atoms with Gasteiger partial charge in [-0.2, -0.15) is 0 Å². The molecule has 24 heavy (non-hydrogen) atoms. The van der Waals surface area contributed by atoms with E-state index in [-0.39, 0.29) is 48.3 Å². The molecule has 0 aliphatic carbocycles. The van der Waals surface area contributed by atoms with E-state index in [0.29, 0.717) is 5.71 Å². The van der Waals surface area contributed by atoms with Crippen molar-refractivity contribution in [2.45, 2.75) is 18.9 Å². The Morgan fingerprint density at radius 2 is 1.42 bits per heavy atom. The SMILES string of the molecule is NC(CCC(=O)N=C(c1ccccc1)c1ccccc1)C(=O)O.[NaH]. The van der Waals surface area contributed by atoms with Crippen molar-refractivity contribution in [3.05, 3.63) is 71.8 Å². The average Bonchev–Trinajstić information content (AvgIpc) is 2.59. The number of hydrogen-bond acceptors (Lipinski definition) is 3. The first kappa shape index (κ1) is 20.3. The second kappa shape index (κ2) is 10.2. The minimum atomic E-state index is -1.12. The van der Waals surface area contributed by atoms with Gasteiger partial charge in [0.05, 0.1) is 5.71 Å². The van der Waals surface area contributed by atoms with Crippen LogP contribution in [0.3, 0.4) is 0 Å². The van der Waals surface area contributed by atoms with Crippen molar-refractivity contribution in [1.82, 2.24) is 0 Å². The van der Waals surface area contributed by atoms with Crippen LogP contribution in [-0.2, 0) is 9.59 Å². The molecule has 0 aliphatic rings. The number of benzene rings is 2. The first-order valence-electron chi connectivity index (χ1n) is 7.28. The molecule has 2 aromatic rings. The van der Waals surface area contributed by atoms with E-state index in [1.807, 2.05) is 60.7 Å². The van der Waals surface area contributed by atoms with Crippen molar-refractivity contribution in [1.29, 1.82) is 0 Å².